The predicted molar refractivity (Wildman–Crippen MR) is 126 cm³/mol. The molecule has 0 saturated heterocycles. The number of nitrogens with zero attached hydrogens (tertiary/aromatic N) is 5. The summed E-state index contributed by atoms with van der Waals surface area (Å²) >= 11 is 0. The molecule has 1 saturated carbocycles. The zero-order valence-corrected chi connectivity index (χ0v) is 20.8. The largest absolute Gasteiger partial charge is 0.711 e. The molecule has 8 nitrogen and oxygen atoms in total. The van der Waals surface area contributed by atoms with Crippen LogP contribution in [0.3, 0.4) is 0 Å². The van der Waals surface area contributed by atoms with Gasteiger partial charge in [-0.25, -0.2) is 22.7 Å². The Bertz CT molecular complexity index is 1680. The van der Waals surface area contributed by atoms with E-state index in [2.05, 4.69) is 15.0 Å². The molecule has 4 aromatic rings. The lowest BCUT2D eigenvalue weighted by Gasteiger charge is -2.20. The van der Waals surface area contributed by atoms with Crippen molar-refractivity contribution in [2.45, 2.75) is 42.7 Å². The first kappa shape index (κ1) is 25.9. The van der Waals surface area contributed by atoms with Crippen LogP contribution < -0.4 is 4.73 Å². The highest BCUT2D eigenvalue weighted by molar-refractivity contribution is 7.91. The van der Waals surface area contributed by atoms with Crippen molar-refractivity contribution < 1.29 is 35.1 Å². The molecule has 0 radical (unpaired) electrons. The third-order valence-electron chi connectivity index (χ3n) is 6.47. The molecule has 0 aromatic carbocycles. The van der Waals surface area contributed by atoms with Crippen molar-refractivity contribution in [2.75, 3.05) is 5.75 Å². The number of aromatic nitrogens is 5. The Kier molecular flexibility index (Phi) is 5.93. The molecule has 14 heteroatoms. The third-order valence-corrected chi connectivity index (χ3v) is 8.22. The second-order valence-corrected chi connectivity index (χ2v) is 11.3. The van der Waals surface area contributed by atoms with E-state index in [-0.39, 0.29) is 38.7 Å². The molecular formula is C24H20F5N5O3S. The standard InChI is InChI=1S/C24H20F5N5O3S/c1-3-38(36,37)19-9-15(17-8-14(6-7-30-17)13-4-5-13)11-31-20(19)21-32-18-10-16(23(25,26)24(27,28)29)12-34(35)22(18)33(21)2/h6-13H,3-5H2,1-2H3. The topological polar surface area (TPSA) is 105 Å². The molecule has 0 bridgehead atoms. The van der Waals surface area contributed by atoms with Gasteiger partial charge in [0.1, 0.15) is 11.9 Å². The maximum absolute atomic E-state index is 13.9. The Morgan fingerprint density at radius 2 is 1.84 bits per heavy atom. The fraction of sp³-hybridized carbons (Fsp3) is 0.333. The van der Waals surface area contributed by atoms with Crippen LogP contribution in [0.25, 0.3) is 33.9 Å². The van der Waals surface area contributed by atoms with E-state index >= 15 is 0 Å². The summed E-state index contributed by atoms with van der Waals surface area (Å²) in [6.07, 6.45) is -0.706. The summed E-state index contributed by atoms with van der Waals surface area (Å²) < 4.78 is 93.7. The molecule has 1 fully saturated rings. The number of aryl methyl sites for hydroxylation is 1. The lowest BCUT2D eigenvalue weighted by Crippen LogP contribution is -2.37. The van der Waals surface area contributed by atoms with E-state index in [0.717, 1.165) is 23.0 Å². The molecular weight excluding hydrogens is 533 g/mol. The van der Waals surface area contributed by atoms with Gasteiger partial charge in [-0.15, -0.1) is 0 Å². The molecule has 4 heterocycles. The number of alkyl halides is 5. The maximum atomic E-state index is 13.9. The van der Waals surface area contributed by atoms with Crippen LogP contribution in [0.1, 0.15) is 36.8 Å². The van der Waals surface area contributed by atoms with Gasteiger partial charge in [-0.2, -0.15) is 26.9 Å². The van der Waals surface area contributed by atoms with E-state index in [4.69, 9.17) is 0 Å². The Morgan fingerprint density at radius 3 is 2.47 bits per heavy atom. The number of hydrogen-bond acceptors (Lipinski definition) is 6. The Labute approximate surface area is 213 Å². The fourth-order valence-electron chi connectivity index (χ4n) is 4.21. The van der Waals surface area contributed by atoms with Gasteiger partial charge >= 0.3 is 17.7 Å². The minimum Gasteiger partial charge on any atom is -0.711 e. The second kappa shape index (κ2) is 8.68. The maximum Gasteiger partial charge on any atom is 0.458 e. The molecule has 0 unspecified atom stereocenters. The Hall–Kier alpha value is -3.68. The van der Waals surface area contributed by atoms with Gasteiger partial charge in [-0.3, -0.25) is 4.98 Å². The first-order valence-electron chi connectivity index (χ1n) is 11.5. The number of fused-ring (bicyclic) bond motifs is 1. The van der Waals surface area contributed by atoms with Crippen molar-refractivity contribution in [3.8, 4) is 22.8 Å². The smallest absolute Gasteiger partial charge is 0.458 e. The van der Waals surface area contributed by atoms with E-state index in [1.807, 2.05) is 12.1 Å². The molecule has 200 valence electrons. The van der Waals surface area contributed by atoms with Gasteiger partial charge in [-0.1, -0.05) is 6.92 Å². The van der Waals surface area contributed by atoms with Crippen LogP contribution in [0.2, 0.25) is 0 Å². The first-order valence-corrected chi connectivity index (χ1v) is 13.1. The summed E-state index contributed by atoms with van der Waals surface area (Å²) in [4.78, 5) is 12.4. The SMILES string of the molecule is CCS(=O)(=O)c1cc(-c2cc(C3CC3)ccn2)cnc1-c1nc2cc(C(F)(F)C(F)(F)F)c[n+]([O-])c2n1C. The highest BCUT2D eigenvalue weighted by Crippen LogP contribution is 2.44. The highest BCUT2D eigenvalue weighted by atomic mass is 32.2. The summed E-state index contributed by atoms with van der Waals surface area (Å²) in [5.74, 6) is -5.39. The fourth-order valence-corrected chi connectivity index (χ4v) is 5.26. The summed E-state index contributed by atoms with van der Waals surface area (Å²) in [6.45, 7) is 1.42. The van der Waals surface area contributed by atoms with Crippen LogP contribution in [-0.2, 0) is 22.8 Å². The zero-order valence-electron chi connectivity index (χ0n) is 20.0. The van der Waals surface area contributed by atoms with Crippen molar-refractivity contribution in [1.82, 2.24) is 19.5 Å². The van der Waals surface area contributed by atoms with Crippen molar-refractivity contribution in [2.24, 2.45) is 7.05 Å². The van der Waals surface area contributed by atoms with Crippen molar-refractivity contribution in [3.63, 3.8) is 0 Å². The summed E-state index contributed by atoms with van der Waals surface area (Å²) in [5, 5.41) is 12.5. The Morgan fingerprint density at radius 1 is 1.13 bits per heavy atom. The number of rotatable bonds is 6. The Balaban J connectivity index is 1.69. The van der Waals surface area contributed by atoms with Gasteiger partial charge in [-0.05, 0) is 48.6 Å². The number of imidazole rings is 1. The molecule has 38 heavy (non-hydrogen) atoms. The number of pyridine rings is 3. The second-order valence-electron chi connectivity index (χ2n) is 9.05. The summed E-state index contributed by atoms with van der Waals surface area (Å²) in [6, 6.07) is 5.57. The lowest BCUT2D eigenvalue weighted by atomic mass is 10.1. The minimum atomic E-state index is -5.93. The first-order chi connectivity index (χ1) is 17.7. The van der Waals surface area contributed by atoms with Crippen LogP contribution in [0.5, 0.6) is 0 Å². The van der Waals surface area contributed by atoms with Crippen molar-refractivity contribution in [3.05, 3.63) is 59.2 Å². The van der Waals surface area contributed by atoms with Crippen LogP contribution in [0.4, 0.5) is 22.0 Å². The van der Waals surface area contributed by atoms with E-state index in [9.17, 15) is 35.6 Å². The predicted octanol–water partition coefficient (Wildman–Crippen LogP) is 4.66. The van der Waals surface area contributed by atoms with Crippen LogP contribution in [0.15, 0.2) is 47.8 Å². The number of sulfone groups is 1. The van der Waals surface area contributed by atoms with Gasteiger partial charge in [0.25, 0.3) is 0 Å². The molecule has 0 amide bonds. The average Bonchev–Trinajstić information content (AvgIpc) is 3.66. The highest BCUT2D eigenvalue weighted by Gasteiger charge is 2.59. The van der Waals surface area contributed by atoms with Gasteiger partial charge in [0.15, 0.2) is 15.4 Å². The van der Waals surface area contributed by atoms with Crippen LogP contribution in [0, 0.1) is 5.21 Å². The van der Waals surface area contributed by atoms with Crippen molar-refractivity contribution >= 4 is 21.0 Å². The van der Waals surface area contributed by atoms with E-state index in [0.29, 0.717) is 23.2 Å². The van der Waals surface area contributed by atoms with E-state index in [1.54, 1.807) is 6.20 Å². The molecule has 0 aliphatic heterocycles. The van der Waals surface area contributed by atoms with Gasteiger partial charge in [0, 0.05) is 18.0 Å². The molecule has 1 aliphatic rings. The summed E-state index contributed by atoms with van der Waals surface area (Å²) in [7, 11) is -2.63. The molecule has 5 rings (SSSR count). The zero-order chi connectivity index (χ0) is 27.6. The molecule has 0 spiro atoms. The van der Waals surface area contributed by atoms with Crippen LogP contribution in [-0.4, -0.2) is 39.9 Å². The van der Waals surface area contributed by atoms with Crippen LogP contribution >= 0.6 is 0 Å². The number of halogens is 5. The van der Waals surface area contributed by atoms with E-state index in [1.165, 1.54) is 26.2 Å². The molecule has 4 aromatic heterocycles. The van der Waals surface area contributed by atoms with Gasteiger partial charge in [0.2, 0.25) is 5.82 Å². The minimum absolute atomic E-state index is 0.125. The quantitative estimate of drug-likeness (QED) is 0.196. The van der Waals surface area contributed by atoms with Crippen molar-refractivity contribution in [1.29, 1.82) is 0 Å². The normalized spacial score (nSPS) is 14.8. The number of hydrogen-bond donors (Lipinski definition) is 0. The lowest BCUT2D eigenvalue weighted by molar-refractivity contribution is -0.581. The monoisotopic (exact) mass is 553 g/mol. The van der Waals surface area contributed by atoms with Gasteiger partial charge in [0.05, 0.1) is 29.0 Å². The summed E-state index contributed by atoms with van der Waals surface area (Å²) in [5.41, 5.74) is -0.633. The molecule has 0 atom stereocenters. The third kappa shape index (κ3) is 4.25. The average molecular weight is 554 g/mol. The van der Waals surface area contributed by atoms with Gasteiger partial charge < -0.3 is 5.21 Å². The molecule has 0 N–H and O–H groups in total. The van der Waals surface area contributed by atoms with E-state index < -0.39 is 33.0 Å². The molecule has 1 aliphatic carbocycles.